The van der Waals surface area contributed by atoms with Gasteiger partial charge in [-0.2, -0.15) is 0 Å². The van der Waals surface area contributed by atoms with Crippen molar-refractivity contribution in [3.8, 4) is 5.75 Å². The highest BCUT2D eigenvalue weighted by Crippen LogP contribution is 2.31. The second-order valence-electron chi connectivity index (χ2n) is 7.42. The van der Waals surface area contributed by atoms with Gasteiger partial charge in [0.25, 0.3) is 11.8 Å². The molecule has 160 valence electrons. The summed E-state index contributed by atoms with van der Waals surface area (Å²) in [5.74, 6) is -1.33. The minimum atomic E-state index is -1.08. The quantitative estimate of drug-likeness (QED) is 0.420. The number of thiocarbonyl (C=S) groups is 1. The number of carboxylic acid groups (broad SMARTS) is 1. The largest absolute Gasteiger partial charge is 0.496 e. The van der Waals surface area contributed by atoms with Crippen LogP contribution in [0, 0.1) is 6.92 Å². The first kappa shape index (κ1) is 22.2. The van der Waals surface area contributed by atoms with Gasteiger partial charge in [0.2, 0.25) is 0 Å². The standard InChI is InChI=1S/C23H22N2O5S/c1-12(2)17-10-15(13(3)9-19(17)30-4)11-18-20(26)24-23(31)25(21(18)27)16-7-5-14(6-8-16)22(28)29/h5-12H,1-4H3,(H,28,29)(H,24,26,31)/b18-11+. The van der Waals surface area contributed by atoms with Crippen LogP contribution in [0.1, 0.15) is 46.8 Å². The van der Waals surface area contributed by atoms with Gasteiger partial charge in [-0.1, -0.05) is 13.8 Å². The number of methoxy groups -OCH3 is 1. The molecule has 0 bridgehead atoms. The van der Waals surface area contributed by atoms with Crippen LogP contribution in [-0.2, 0) is 9.59 Å². The van der Waals surface area contributed by atoms with Crippen molar-refractivity contribution < 1.29 is 24.2 Å². The van der Waals surface area contributed by atoms with Gasteiger partial charge in [0.15, 0.2) is 5.11 Å². The normalized spacial score (nSPS) is 15.5. The molecule has 0 saturated carbocycles. The Bertz CT molecular complexity index is 1120. The summed E-state index contributed by atoms with van der Waals surface area (Å²) in [6, 6.07) is 9.47. The molecule has 8 heteroatoms. The third kappa shape index (κ3) is 4.34. The molecule has 2 aromatic rings. The Kier molecular flexibility index (Phi) is 6.21. The van der Waals surface area contributed by atoms with Crippen molar-refractivity contribution >= 4 is 46.9 Å². The molecule has 0 radical (unpaired) electrons. The van der Waals surface area contributed by atoms with Gasteiger partial charge in [0, 0.05) is 0 Å². The summed E-state index contributed by atoms with van der Waals surface area (Å²) < 4.78 is 5.46. The third-order valence-electron chi connectivity index (χ3n) is 5.01. The summed E-state index contributed by atoms with van der Waals surface area (Å²) in [6.45, 7) is 5.93. The minimum absolute atomic E-state index is 0.0652. The lowest BCUT2D eigenvalue weighted by atomic mass is 9.95. The summed E-state index contributed by atoms with van der Waals surface area (Å²) in [6.07, 6.45) is 1.54. The summed E-state index contributed by atoms with van der Waals surface area (Å²) >= 11 is 5.19. The van der Waals surface area contributed by atoms with Crippen molar-refractivity contribution in [3.63, 3.8) is 0 Å². The van der Waals surface area contributed by atoms with Gasteiger partial charge in [-0.25, -0.2) is 4.79 Å². The predicted molar refractivity (Wildman–Crippen MR) is 121 cm³/mol. The first-order valence-electron chi connectivity index (χ1n) is 9.57. The first-order chi connectivity index (χ1) is 14.6. The molecule has 2 aromatic carbocycles. The van der Waals surface area contributed by atoms with Gasteiger partial charge in [0.1, 0.15) is 11.3 Å². The first-order valence-corrected chi connectivity index (χ1v) is 9.98. The average molecular weight is 439 g/mol. The number of rotatable bonds is 5. The fourth-order valence-electron chi connectivity index (χ4n) is 3.30. The molecule has 3 rings (SSSR count). The van der Waals surface area contributed by atoms with E-state index in [1.165, 1.54) is 29.2 Å². The van der Waals surface area contributed by atoms with E-state index in [1.54, 1.807) is 13.2 Å². The number of aromatic carboxylic acids is 1. The number of amides is 2. The maximum atomic E-state index is 13.2. The van der Waals surface area contributed by atoms with Crippen molar-refractivity contribution in [2.75, 3.05) is 12.0 Å². The molecule has 1 saturated heterocycles. The number of benzene rings is 2. The number of nitrogens with one attached hydrogen (secondary N) is 1. The van der Waals surface area contributed by atoms with Crippen LogP contribution in [0.4, 0.5) is 5.69 Å². The Morgan fingerprint density at radius 1 is 1.19 bits per heavy atom. The number of carbonyl (C=O) groups is 3. The Balaban J connectivity index is 2.05. The Hall–Kier alpha value is -3.52. The third-order valence-corrected chi connectivity index (χ3v) is 5.30. The van der Waals surface area contributed by atoms with Gasteiger partial charge >= 0.3 is 5.97 Å². The summed E-state index contributed by atoms with van der Waals surface area (Å²) in [5.41, 5.74) is 2.89. The molecule has 2 amide bonds. The van der Waals surface area contributed by atoms with Crippen LogP contribution in [0.5, 0.6) is 5.75 Å². The number of carboxylic acids is 1. The number of hydrogen-bond acceptors (Lipinski definition) is 5. The zero-order chi connectivity index (χ0) is 22.9. The van der Waals surface area contributed by atoms with Crippen LogP contribution in [0.15, 0.2) is 42.0 Å². The highest BCUT2D eigenvalue weighted by atomic mass is 32.1. The van der Waals surface area contributed by atoms with E-state index in [0.29, 0.717) is 5.69 Å². The molecule has 1 aliphatic heterocycles. The minimum Gasteiger partial charge on any atom is -0.496 e. The summed E-state index contributed by atoms with van der Waals surface area (Å²) in [7, 11) is 1.60. The molecule has 31 heavy (non-hydrogen) atoms. The lowest BCUT2D eigenvalue weighted by Gasteiger charge is -2.29. The smallest absolute Gasteiger partial charge is 0.335 e. The molecule has 2 N–H and O–H groups in total. The molecule has 0 aromatic heterocycles. The SMILES string of the molecule is COc1cc(C)c(/C=C2\C(=O)NC(=S)N(c3ccc(C(=O)O)cc3)C2=O)cc1C(C)C. The van der Waals surface area contributed by atoms with Gasteiger partial charge in [-0.3, -0.25) is 19.8 Å². The van der Waals surface area contributed by atoms with E-state index in [4.69, 9.17) is 22.1 Å². The zero-order valence-electron chi connectivity index (χ0n) is 17.6. The molecule has 0 atom stereocenters. The van der Waals surface area contributed by atoms with E-state index in [1.807, 2.05) is 32.9 Å². The molecular formula is C23H22N2O5S. The topological polar surface area (TPSA) is 95.9 Å². The second kappa shape index (κ2) is 8.69. The van der Waals surface area contributed by atoms with E-state index < -0.39 is 17.8 Å². The van der Waals surface area contributed by atoms with E-state index in [9.17, 15) is 14.4 Å². The fraction of sp³-hybridized carbons (Fsp3) is 0.217. The van der Waals surface area contributed by atoms with Crippen LogP contribution in [0.25, 0.3) is 6.08 Å². The van der Waals surface area contributed by atoms with E-state index in [-0.39, 0.29) is 22.2 Å². The van der Waals surface area contributed by atoms with Gasteiger partial charge in [-0.05, 0) is 84.2 Å². The van der Waals surface area contributed by atoms with Gasteiger partial charge < -0.3 is 9.84 Å². The number of aryl methyl sites for hydroxylation is 1. The number of anilines is 1. The van der Waals surface area contributed by atoms with Crippen molar-refractivity contribution in [2.45, 2.75) is 26.7 Å². The van der Waals surface area contributed by atoms with Crippen LogP contribution in [0.2, 0.25) is 0 Å². The molecule has 0 spiro atoms. The van der Waals surface area contributed by atoms with Crippen molar-refractivity contribution in [1.29, 1.82) is 0 Å². The molecule has 7 nitrogen and oxygen atoms in total. The van der Waals surface area contributed by atoms with Crippen LogP contribution < -0.4 is 15.0 Å². The van der Waals surface area contributed by atoms with Gasteiger partial charge in [-0.15, -0.1) is 0 Å². The Morgan fingerprint density at radius 3 is 2.39 bits per heavy atom. The van der Waals surface area contributed by atoms with E-state index in [0.717, 1.165) is 22.4 Å². The predicted octanol–water partition coefficient (Wildman–Crippen LogP) is 3.66. The van der Waals surface area contributed by atoms with Crippen LogP contribution in [-0.4, -0.2) is 35.1 Å². The van der Waals surface area contributed by atoms with Crippen molar-refractivity contribution in [2.24, 2.45) is 0 Å². The Labute approximate surface area is 185 Å². The zero-order valence-corrected chi connectivity index (χ0v) is 18.4. The van der Waals surface area contributed by atoms with Crippen molar-refractivity contribution in [1.82, 2.24) is 5.32 Å². The molecule has 1 heterocycles. The molecule has 0 unspecified atom stereocenters. The van der Waals surface area contributed by atoms with E-state index >= 15 is 0 Å². The van der Waals surface area contributed by atoms with E-state index in [2.05, 4.69) is 5.32 Å². The number of nitrogens with zero attached hydrogens (tertiary/aromatic N) is 1. The maximum absolute atomic E-state index is 13.2. The highest BCUT2D eigenvalue weighted by Gasteiger charge is 2.34. The number of hydrogen-bond donors (Lipinski definition) is 2. The maximum Gasteiger partial charge on any atom is 0.335 e. The number of carbonyl (C=O) groups excluding carboxylic acids is 2. The van der Waals surface area contributed by atoms with Gasteiger partial charge in [0.05, 0.1) is 18.4 Å². The molecule has 1 aliphatic rings. The molecular weight excluding hydrogens is 416 g/mol. The monoisotopic (exact) mass is 438 g/mol. The van der Waals surface area contributed by atoms with Crippen LogP contribution >= 0.6 is 12.2 Å². The Morgan fingerprint density at radius 2 is 1.84 bits per heavy atom. The fourth-order valence-corrected chi connectivity index (χ4v) is 3.58. The molecule has 0 aliphatic carbocycles. The summed E-state index contributed by atoms with van der Waals surface area (Å²) in [5, 5.41) is 11.5. The van der Waals surface area contributed by atoms with Crippen molar-refractivity contribution in [3.05, 3.63) is 64.2 Å². The van der Waals surface area contributed by atoms with Crippen LogP contribution in [0.3, 0.4) is 0 Å². The summed E-state index contributed by atoms with van der Waals surface area (Å²) in [4.78, 5) is 38.0. The highest BCUT2D eigenvalue weighted by molar-refractivity contribution is 7.80. The average Bonchev–Trinajstić information content (AvgIpc) is 2.71. The molecule has 1 fully saturated rings. The lowest BCUT2D eigenvalue weighted by Crippen LogP contribution is -2.54. The lowest BCUT2D eigenvalue weighted by molar-refractivity contribution is -0.122. The number of ether oxygens (including phenoxy) is 1. The second-order valence-corrected chi connectivity index (χ2v) is 7.80.